The Labute approximate surface area is 208 Å². The molecular weight excluding hydrogens is 498 g/mol. The largest absolute Gasteiger partial charge is 0.464 e. The Kier molecular flexibility index (Phi) is 6.67. The molecule has 3 atom stereocenters. The average molecular weight is 519 g/mol. The predicted octanol–water partition coefficient (Wildman–Crippen LogP) is 0.935. The van der Waals surface area contributed by atoms with Crippen molar-refractivity contribution >= 4 is 41.3 Å². The van der Waals surface area contributed by atoms with Gasteiger partial charge in [-0.2, -0.15) is 0 Å². The van der Waals surface area contributed by atoms with Crippen LogP contribution in [0, 0.1) is 10.1 Å². The molecule has 2 aliphatic rings. The number of esters is 3. The molecule has 0 aliphatic carbocycles. The molecule has 0 radical (unpaired) electrons. The number of nitro groups is 1. The number of hydrogen-bond donors (Lipinski definition) is 0. The first kappa shape index (κ1) is 25.1. The zero-order chi connectivity index (χ0) is 26.2. The van der Waals surface area contributed by atoms with E-state index in [0.717, 1.165) is 18.9 Å². The maximum Gasteiger partial charge on any atom is 0.361 e. The number of fused-ring (bicyclic) bond motifs is 1. The van der Waals surface area contributed by atoms with Crippen LogP contribution in [0.3, 0.4) is 0 Å². The van der Waals surface area contributed by atoms with E-state index in [9.17, 15) is 29.3 Å². The number of carbonyl (C=O) groups is 4. The number of aromatic nitrogens is 3. The quantitative estimate of drug-likeness (QED) is 0.159. The maximum absolute atomic E-state index is 13.2. The van der Waals surface area contributed by atoms with Gasteiger partial charge in [0, 0.05) is 12.1 Å². The lowest BCUT2D eigenvalue weighted by Gasteiger charge is -2.37. The third-order valence-electron chi connectivity index (χ3n) is 5.92. The Hall–Kier alpha value is -4.01. The Bertz CT molecular complexity index is 1250. The van der Waals surface area contributed by atoms with Gasteiger partial charge in [0.05, 0.1) is 42.2 Å². The van der Waals surface area contributed by atoms with Gasteiger partial charge in [-0.1, -0.05) is 5.21 Å². The molecule has 14 nitrogen and oxygen atoms in total. The summed E-state index contributed by atoms with van der Waals surface area (Å²) in [5.41, 5.74) is -0.156. The first-order valence-electron chi connectivity index (χ1n) is 10.6. The lowest BCUT2D eigenvalue weighted by atomic mass is 9.96. The monoisotopic (exact) mass is 519 g/mol. The number of non-ortho nitro benzene ring substituents is 1. The number of thioether (sulfide) groups is 1. The molecule has 36 heavy (non-hydrogen) atoms. The summed E-state index contributed by atoms with van der Waals surface area (Å²) in [4.78, 5) is 61.8. The average Bonchev–Trinajstić information content (AvgIpc) is 3.37. The molecule has 2 aromatic rings. The molecule has 15 heteroatoms. The van der Waals surface area contributed by atoms with E-state index in [0.29, 0.717) is 5.56 Å². The van der Waals surface area contributed by atoms with Gasteiger partial charge in [0.25, 0.3) is 5.69 Å². The second-order valence-electron chi connectivity index (χ2n) is 8.25. The van der Waals surface area contributed by atoms with E-state index in [4.69, 9.17) is 9.47 Å². The maximum atomic E-state index is 13.2. The molecule has 2 fully saturated rings. The van der Waals surface area contributed by atoms with Crippen LogP contribution in [0.5, 0.6) is 0 Å². The van der Waals surface area contributed by atoms with E-state index in [2.05, 4.69) is 15.0 Å². The molecule has 2 aliphatic heterocycles. The minimum absolute atomic E-state index is 0.0797. The molecule has 0 N–H and O–H groups in total. The van der Waals surface area contributed by atoms with E-state index in [1.165, 1.54) is 40.9 Å². The molecule has 3 unspecified atom stereocenters. The topological polar surface area (TPSA) is 173 Å². The van der Waals surface area contributed by atoms with Crippen molar-refractivity contribution in [1.29, 1.82) is 0 Å². The molecule has 2 saturated heterocycles. The number of nitrogens with zero attached hydrogens (tertiary/aromatic N) is 5. The highest BCUT2D eigenvalue weighted by atomic mass is 32.2. The lowest BCUT2D eigenvalue weighted by Crippen LogP contribution is -2.58. The van der Waals surface area contributed by atoms with E-state index in [1.807, 2.05) is 0 Å². The molecule has 3 heterocycles. The van der Waals surface area contributed by atoms with E-state index < -0.39 is 33.6 Å². The molecule has 4 rings (SSSR count). The molecule has 1 aromatic heterocycles. The zero-order valence-corrected chi connectivity index (χ0v) is 20.2. The molecular formula is C21H21N5O9S. The Morgan fingerprint density at radius 3 is 2.44 bits per heavy atom. The molecule has 1 amide bonds. The molecule has 0 spiro atoms. The van der Waals surface area contributed by atoms with Crippen LogP contribution in [0.15, 0.2) is 24.3 Å². The van der Waals surface area contributed by atoms with Crippen molar-refractivity contribution in [3.8, 4) is 0 Å². The summed E-state index contributed by atoms with van der Waals surface area (Å²) in [5.74, 6) is -2.67. The SMILES string of the molecule is COC(=O)c1nnn(CC2(C)SC3CC(=O)N3C2C(=O)OCc2ccc([N+](=O)[O-])cc2)c1C(=O)OC. The van der Waals surface area contributed by atoms with Crippen LogP contribution in [-0.2, 0) is 37.0 Å². The fourth-order valence-electron chi connectivity index (χ4n) is 4.17. The first-order valence-corrected chi connectivity index (χ1v) is 11.5. The molecule has 190 valence electrons. The summed E-state index contributed by atoms with van der Waals surface area (Å²) in [6.07, 6.45) is 0.237. The minimum atomic E-state index is -1.02. The van der Waals surface area contributed by atoms with Crippen LogP contribution in [-0.4, -0.2) is 79.0 Å². The number of ether oxygens (including phenoxy) is 3. The molecule has 1 aromatic carbocycles. The third-order valence-corrected chi connectivity index (χ3v) is 7.47. The van der Waals surface area contributed by atoms with Gasteiger partial charge in [0.2, 0.25) is 11.6 Å². The number of amides is 1. The fraction of sp³-hybridized carbons (Fsp3) is 0.429. The highest BCUT2D eigenvalue weighted by Crippen LogP contribution is 2.52. The van der Waals surface area contributed by atoms with Crippen LogP contribution >= 0.6 is 11.8 Å². The second kappa shape index (κ2) is 9.56. The Balaban J connectivity index is 1.58. The van der Waals surface area contributed by atoms with Gasteiger partial charge in [-0.3, -0.25) is 14.9 Å². The predicted molar refractivity (Wildman–Crippen MR) is 121 cm³/mol. The van der Waals surface area contributed by atoms with Crippen molar-refractivity contribution in [2.24, 2.45) is 0 Å². The van der Waals surface area contributed by atoms with Crippen molar-refractivity contribution < 1.29 is 38.3 Å². The van der Waals surface area contributed by atoms with Gasteiger partial charge in [-0.25, -0.2) is 19.1 Å². The van der Waals surface area contributed by atoms with Crippen LogP contribution in [0.1, 0.15) is 39.9 Å². The normalized spacial score (nSPS) is 22.4. The summed E-state index contributed by atoms with van der Waals surface area (Å²) in [7, 11) is 2.26. The van der Waals surface area contributed by atoms with Gasteiger partial charge in [0.1, 0.15) is 12.6 Å². The highest BCUT2D eigenvalue weighted by Gasteiger charge is 2.61. The van der Waals surface area contributed by atoms with Crippen molar-refractivity contribution in [1.82, 2.24) is 19.9 Å². The standard InChI is InChI=1S/C21H21N5O9S/c1-21(10-24-16(19(29)34-3)15(22-23-24)18(28)33-2)17(25-13(27)8-14(25)36-21)20(30)35-9-11-4-6-12(7-5-11)26(31)32/h4-7,14,17H,8-10H2,1-3H3. The number of hydrogen-bond acceptors (Lipinski definition) is 12. The number of nitro benzene ring substituents is 1. The number of methoxy groups -OCH3 is 2. The number of β-lactam (4-membered cyclic amide) rings is 1. The van der Waals surface area contributed by atoms with Gasteiger partial charge >= 0.3 is 17.9 Å². The zero-order valence-electron chi connectivity index (χ0n) is 19.4. The number of rotatable bonds is 8. The first-order chi connectivity index (χ1) is 17.1. The van der Waals surface area contributed by atoms with Crippen molar-refractivity contribution in [3.05, 3.63) is 51.3 Å². The van der Waals surface area contributed by atoms with E-state index in [-0.39, 0.29) is 47.9 Å². The van der Waals surface area contributed by atoms with E-state index >= 15 is 0 Å². The van der Waals surface area contributed by atoms with Crippen LogP contribution in [0.25, 0.3) is 0 Å². The summed E-state index contributed by atoms with van der Waals surface area (Å²) >= 11 is 1.35. The van der Waals surface area contributed by atoms with Crippen molar-refractivity contribution in [2.75, 3.05) is 14.2 Å². The van der Waals surface area contributed by atoms with Gasteiger partial charge < -0.3 is 19.1 Å². The number of benzene rings is 1. The third kappa shape index (κ3) is 4.36. The lowest BCUT2D eigenvalue weighted by molar-refractivity contribution is -0.384. The van der Waals surface area contributed by atoms with Gasteiger partial charge in [0.15, 0.2) is 5.69 Å². The second-order valence-corrected chi connectivity index (χ2v) is 9.96. The summed E-state index contributed by atoms with van der Waals surface area (Å²) < 4.78 is 15.1. The Morgan fingerprint density at radius 1 is 1.19 bits per heavy atom. The van der Waals surface area contributed by atoms with Gasteiger partial charge in [-0.05, 0) is 24.6 Å². The van der Waals surface area contributed by atoms with Crippen LogP contribution in [0.2, 0.25) is 0 Å². The summed E-state index contributed by atoms with van der Waals surface area (Å²) in [6, 6.07) is 4.51. The number of carbonyl (C=O) groups excluding carboxylic acids is 4. The summed E-state index contributed by atoms with van der Waals surface area (Å²) in [6.45, 7) is 1.48. The minimum Gasteiger partial charge on any atom is -0.464 e. The molecule has 0 bridgehead atoms. The van der Waals surface area contributed by atoms with Gasteiger partial charge in [-0.15, -0.1) is 16.9 Å². The summed E-state index contributed by atoms with van der Waals surface area (Å²) in [5, 5.41) is 18.2. The Morgan fingerprint density at radius 2 is 1.86 bits per heavy atom. The van der Waals surface area contributed by atoms with Crippen LogP contribution in [0.4, 0.5) is 5.69 Å². The smallest absolute Gasteiger partial charge is 0.361 e. The van der Waals surface area contributed by atoms with E-state index in [1.54, 1.807) is 6.92 Å². The molecule has 0 saturated carbocycles. The van der Waals surface area contributed by atoms with Crippen molar-refractivity contribution in [2.45, 2.75) is 42.7 Å². The van der Waals surface area contributed by atoms with Crippen LogP contribution < -0.4 is 0 Å². The van der Waals surface area contributed by atoms with Crippen molar-refractivity contribution in [3.63, 3.8) is 0 Å². The fourth-order valence-corrected chi connectivity index (χ4v) is 5.90. The highest BCUT2D eigenvalue weighted by molar-refractivity contribution is 8.01.